The monoisotopic (exact) mass is 307 g/mol. The van der Waals surface area contributed by atoms with E-state index in [2.05, 4.69) is 15.1 Å². The van der Waals surface area contributed by atoms with Gasteiger partial charge in [0.05, 0.1) is 12.0 Å². The first kappa shape index (κ1) is 15.3. The van der Waals surface area contributed by atoms with E-state index < -0.39 is 0 Å². The van der Waals surface area contributed by atoms with Gasteiger partial charge in [-0.1, -0.05) is 0 Å². The van der Waals surface area contributed by atoms with E-state index in [-0.39, 0.29) is 6.03 Å². The van der Waals surface area contributed by atoms with Gasteiger partial charge in [0.15, 0.2) is 0 Å². The summed E-state index contributed by atoms with van der Waals surface area (Å²) in [6.45, 7) is 5.12. The largest absolute Gasteiger partial charge is 0.480 e. The predicted molar refractivity (Wildman–Crippen MR) is 78.6 cm³/mol. The Morgan fingerprint density at radius 1 is 1.38 bits per heavy atom. The predicted octanol–water partition coefficient (Wildman–Crippen LogP) is 2.14. The number of aromatic nitrogens is 4. The molecule has 0 saturated carbocycles. The minimum absolute atomic E-state index is 0.183. The second kappa shape index (κ2) is 7.07. The Morgan fingerprint density at radius 2 is 2.14 bits per heavy atom. The molecular formula is C13H17N5O2S. The Balaban J connectivity index is 2.15. The lowest BCUT2D eigenvalue weighted by atomic mass is 10.5. The minimum Gasteiger partial charge on any atom is -0.480 e. The Morgan fingerprint density at radius 3 is 2.81 bits per heavy atom. The third kappa shape index (κ3) is 3.52. The molecule has 2 heterocycles. The molecule has 1 amide bonds. The summed E-state index contributed by atoms with van der Waals surface area (Å²) in [6.07, 6.45) is 3.07. The first-order valence-electron chi connectivity index (χ1n) is 6.57. The number of rotatable bonds is 5. The van der Waals surface area contributed by atoms with Crippen LogP contribution >= 0.6 is 11.8 Å². The fourth-order valence-electron chi connectivity index (χ4n) is 1.73. The van der Waals surface area contributed by atoms with Crippen LogP contribution in [0.15, 0.2) is 34.7 Å². The molecule has 0 aliphatic heterocycles. The molecule has 2 aromatic rings. The van der Waals surface area contributed by atoms with Crippen molar-refractivity contribution in [1.82, 2.24) is 24.6 Å². The molecule has 0 bridgehead atoms. The summed E-state index contributed by atoms with van der Waals surface area (Å²) < 4.78 is 6.42. The zero-order valence-electron chi connectivity index (χ0n) is 12.2. The molecule has 0 spiro atoms. The van der Waals surface area contributed by atoms with Crippen LogP contribution in [0.4, 0.5) is 4.79 Å². The summed E-state index contributed by atoms with van der Waals surface area (Å²) in [6, 6.07) is 3.49. The van der Waals surface area contributed by atoms with Gasteiger partial charge < -0.3 is 9.64 Å². The number of nitrogens with zero attached hydrogens (tertiary/aromatic N) is 5. The number of amides is 1. The summed E-state index contributed by atoms with van der Waals surface area (Å²) in [5, 5.41) is 4.67. The molecule has 7 nitrogen and oxygen atoms in total. The van der Waals surface area contributed by atoms with Crippen molar-refractivity contribution < 1.29 is 9.53 Å². The lowest BCUT2D eigenvalue weighted by molar-refractivity contribution is 0.201. The Kier molecular flexibility index (Phi) is 5.15. The van der Waals surface area contributed by atoms with Gasteiger partial charge in [-0.3, -0.25) is 0 Å². The van der Waals surface area contributed by atoms with Crippen molar-refractivity contribution >= 4 is 17.8 Å². The topological polar surface area (TPSA) is 73.1 Å². The van der Waals surface area contributed by atoms with Gasteiger partial charge in [0.2, 0.25) is 11.0 Å². The van der Waals surface area contributed by atoms with E-state index in [9.17, 15) is 4.79 Å². The standard InChI is InChI=1S/C13H17N5O2S/c1-4-17(5-2)13(19)18-9-15-12(16-18)21-10-7-6-8-14-11(10)20-3/h6-9H,4-5H2,1-3H3. The molecule has 0 radical (unpaired) electrons. The second-order valence-corrected chi connectivity index (χ2v) is 5.05. The maximum absolute atomic E-state index is 12.1. The lowest BCUT2D eigenvalue weighted by Crippen LogP contribution is -2.34. The van der Waals surface area contributed by atoms with Crippen molar-refractivity contribution in [2.75, 3.05) is 20.2 Å². The smallest absolute Gasteiger partial charge is 0.346 e. The van der Waals surface area contributed by atoms with Crippen molar-refractivity contribution in [3.63, 3.8) is 0 Å². The first-order valence-corrected chi connectivity index (χ1v) is 7.39. The molecule has 0 saturated heterocycles. The van der Waals surface area contributed by atoms with Crippen molar-refractivity contribution in [3.05, 3.63) is 24.7 Å². The average molecular weight is 307 g/mol. The number of pyridine rings is 1. The average Bonchev–Trinajstić information content (AvgIpc) is 2.97. The second-order valence-electron chi connectivity index (χ2n) is 4.04. The molecule has 21 heavy (non-hydrogen) atoms. The summed E-state index contributed by atoms with van der Waals surface area (Å²) in [5.41, 5.74) is 0. The maximum atomic E-state index is 12.1. The van der Waals surface area contributed by atoms with Crippen LogP contribution in [0.2, 0.25) is 0 Å². The molecule has 8 heteroatoms. The highest BCUT2D eigenvalue weighted by Crippen LogP contribution is 2.30. The van der Waals surface area contributed by atoms with Crippen LogP contribution in [0.25, 0.3) is 0 Å². The summed E-state index contributed by atoms with van der Waals surface area (Å²) in [4.78, 5) is 22.9. The maximum Gasteiger partial charge on any atom is 0.346 e. The quantitative estimate of drug-likeness (QED) is 0.842. The van der Waals surface area contributed by atoms with E-state index in [1.165, 1.54) is 22.8 Å². The molecule has 0 N–H and O–H groups in total. The Bertz CT molecular complexity index is 612. The molecule has 0 unspecified atom stereocenters. The van der Waals surface area contributed by atoms with E-state index in [1.807, 2.05) is 26.0 Å². The van der Waals surface area contributed by atoms with Gasteiger partial charge in [-0.25, -0.2) is 14.8 Å². The molecule has 0 aliphatic rings. The Labute approximate surface area is 127 Å². The van der Waals surface area contributed by atoms with Crippen LogP contribution in [-0.4, -0.2) is 50.9 Å². The van der Waals surface area contributed by atoms with E-state index >= 15 is 0 Å². The first-order chi connectivity index (χ1) is 10.2. The lowest BCUT2D eigenvalue weighted by Gasteiger charge is -2.17. The van der Waals surface area contributed by atoms with Gasteiger partial charge in [-0.2, -0.15) is 4.68 Å². The van der Waals surface area contributed by atoms with E-state index in [1.54, 1.807) is 18.2 Å². The van der Waals surface area contributed by atoms with Crippen molar-refractivity contribution in [2.45, 2.75) is 23.9 Å². The van der Waals surface area contributed by atoms with Crippen LogP contribution in [0.1, 0.15) is 13.8 Å². The van der Waals surface area contributed by atoms with Crippen molar-refractivity contribution in [1.29, 1.82) is 0 Å². The van der Waals surface area contributed by atoms with Crippen LogP contribution < -0.4 is 4.74 Å². The van der Waals surface area contributed by atoms with E-state index in [0.29, 0.717) is 24.1 Å². The van der Waals surface area contributed by atoms with Gasteiger partial charge in [0, 0.05) is 19.3 Å². The third-order valence-electron chi connectivity index (χ3n) is 2.83. The highest BCUT2D eigenvalue weighted by atomic mass is 32.2. The zero-order chi connectivity index (χ0) is 15.2. The zero-order valence-corrected chi connectivity index (χ0v) is 13.0. The molecule has 112 valence electrons. The van der Waals surface area contributed by atoms with Crippen molar-refractivity contribution in [3.8, 4) is 5.88 Å². The number of hydrogen-bond donors (Lipinski definition) is 0. The van der Waals surface area contributed by atoms with Crippen LogP contribution in [0.5, 0.6) is 5.88 Å². The normalized spacial score (nSPS) is 10.4. The number of ether oxygens (including phenoxy) is 1. The van der Waals surface area contributed by atoms with Gasteiger partial charge in [0.25, 0.3) is 0 Å². The van der Waals surface area contributed by atoms with Gasteiger partial charge in [-0.05, 0) is 37.7 Å². The highest BCUT2D eigenvalue weighted by molar-refractivity contribution is 7.99. The number of carbonyl (C=O) groups excluding carboxylic acids is 1. The molecule has 0 aromatic carbocycles. The van der Waals surface area contributed by atoms with Crippen molar-refractivity contribution in [2.24, 2.45) is 0 Å². The SMILES string of the molecule is CCN(CC)C(=O)n1cnc(Sc2cccnc2OC)n1. The Hall–Kier alpha value is -2.09. The van der Waals surface area contributed by atoms with Crippen LogP contribution in [0.3, 0.4) is 0 Å². The van der Waals surface area contributed by atoms with Crippen LogP contribution in [-0.2, 0) is 0 Å². The van der Waals surface area contributed by atoms with Crippen LogP contribution in [0, 0.1) is 0 Å². The summed E-state index contributed by atoms with van der Waals surface area (Å²) in [7, 11) is 1.56. The number of carbonyl (C=O) groups is 1. The van der Waals surface area contributed by atoms with E-state index in [0.717, 1.165) is 4.90 Å². The van der Waals surface area contributed by atoms with Gasteiger partial charge >= 0.3 is 6.03 Å². The fraction of sp³-hybridized carbons (Fsp3) is 0.385. The molecule has 0 aliphatic carbocycles. The van der Waals surface area contributed by atoms with E-state index in [4.69, 9.17) is 4.74 Å². The third-order valence-corrected chi connectivity index (χ3v) is 3.73. The summed E-state index contributed by atoms with van der Waals surface area (Å²) >= 11 is 1.30. The molecule has 0 fully saturated rings. The molecule has 0 atom stereocenters. The molecule has 2 rings (SSSR count). The van der Waals surface area contributed by atoms with Gasteiger partial charge in [0.1, 0.15) is 6.33 Å². The minimum atomic E-state index is -0.183. The molecular weight excluding hydrogens is 290 g/mol. The number of hydrogen-bond acceptors (Lipinski definition) is 6. The molecule has 2 aromatic heterocycles. The highest BCUT2D eigenvalue weighted by Gasteiger charge is 2.15. The van der Waals surface area contributed by atoms with Gasteiger partial charge in [-0.15, -0.1) is 5.10 Å². The fourth-order valence-corrected chi connectivity index (χ4v) is 2.53. The summed E-state index contributed by atoms with van der Waals surface area (Å²) in [5.74, 6) is 0.508. The number of methoxy groups -OCH3 is 1.